The molecule has 0 heterocycles. The van der Waals surface area contributed by atoms with Gasteiger partial charge in [0.15, 0.2) is 12.0 Å². The summed E-state index contributed by atoms with van der Waals surface area (Å²) in [6.07, 6.45) is -1.35. The van der Waals surface area contributed by atoms with E-state index in [1.807, 2.05) is 0 Å². The minimum Gasteiger partial charge on any atom is -0.480 e. The third kappa shape index (κ3) is 7.25. The van der Waals surface area contributed by atoms with Crippen LogP contribution >= 0.6 is 0 Å². The molecule has 1 aromatic carbocycles. The van der Waals surface area contributed by atoms with Crippen molar-refractivity contribution in [2.75, 3.05) is 0 Å². The van der Waals surface area contributed by atoms with Crippen molar-refractivity contribution in [2.45, 2.75) is 44.3 Å². The summed E-state index contributed by atoms with van der Waals surface area (Å²) in [4.78, 5) is 34.2. The number of benzene rings is 1. The summed E-state index contributed by atoms with van der Waals surface area (Å²) in [7, 11) is -5.99. The molecule has 1 unspecified atom stereocenters. The molecule has 0 saturated carbocycles. The Labute approximate surface area is 163 Å². The van der Waals surface area contributed by atoms with E-state index in [2.05, 4.69) is 9.50 Å². The average Bonchev–Trinajstić information content (AvgIpc) is 2.52. The second-order valence-corrected chi connectivity index (χ2v) is 8.25. The normalized spacial score (nSPS) is 13.3. The number of aliphatic carboxylic acids is 1. The van der Waals surface area contributed by atoms with Crippen molar-refractivity contribution in [1.82, 2.24) is 5.32 Å². The summed E-state index contributed by atoms with van der Waals surface area (Å²) in [5.74, 6) is -2.32. The van der Waals surface area contributed by atoms with Gasteiger partial charge in [0.05, 0.1) is 5.56 Å². The highest BCUT2D eigenvalue weighted by molar-refractivity contribution is 7.88. The molecule has 0 aromatic heterocycles. The van der Waals surface area contributed by atoms with E-state index >= 15 is 0 Å². The summed E-state index contributed by atoms with van der Waals surface area (Å²) in [6.45, 7) is 4.69. The van der Waals surface area contributed by atoms with Gasteiger partial charge in [0, 0.05) is 6.42 Å². The van der Waals surface area contributed by atoms with Gasteiger partial charge in [-0.3, -0.25) is 4.79 Å². The number of carboxylic acid groups (broad SMARTS) is 1. The van der Waals surface area contributed by atoms with Crippen LogP contribution in [0.2, 0.25) is 0 Å². The largest absolute Gasteiger partial charge is 0.534 e. The van der Waals surface area contributed by atoms with Crippen LogP contribution in [0.15, 0.2) is 18.2 Å². The summed E-state index contributed by atoms with van der Waals surface area (Å²) in [5, 5.41) is 11.3. The Morgan fingerprint density at radius 3 is 2.28 bits per heavy atom. The van der Waals surface area contributed by atoms with Crippen LogP contribution in [0.25, 0.3) is 0 Å². The van der Waals surface area contributed by atoms with Crippen LogP contribution < -0.4 is 9.50 Å². The van der Waals surface area contributed by atoms with Gasteiger partial charge in [0.2, 0.25) is 0 Å². The number of halogens is 3. The maximum absolute atomic E-state index is 12.4. The quantitative estimate of drug-likeness (QED) is 0.374. The minimum absolute atomic E-state index is 0.0434. The first kappa shape index (κ1) is 24.2. The fourth-order valence-electron chi connectivity index (χ4n) is 1.94. The zero-order valence-electron chi connectivity index (χ0n) is 15.4. The van der Waals surface area contributed by atoms with Gasteiger partial charge >= 0.3 is 27.7 Å². The molecule has 1 rings (SSSR count). The van der Waals surface area contributed by atoms with E-state index in [4.69, 9.17) is 4.74 Å². The number of amides is 1. The Hall–Kier alpha value is -2.83. The van der Waals surface area contributed by atoms with Crippen molar-refractivity contribution in [2.24, 2.45) is 0 Å². The number of rotatable bonds is 7. The molecule has 0 aliphatic carbocycles. The van der Waals surface area contributed by atoms with E-state index in [-0.39, 0.29) is 18.3 Å². The van der Waals surface area contributed by atoms with E-state index in [0.717, 1.165) is 18.2 Å². The molecule has 2 N–H and O–H groups in total. The third-order valence-electron chi connectivity index (χ3n) is 3.11. The lowest BCUT2D eigenvalue weighted by molar-refractivity contribution is -0.139. The van der Waals surface area contributed by atoms with Gasteiger partial charge in [-0.1, -0.05) is 6.07 Å². The number of aldehydes is 1. The summed E-state index contributed by atoms with van der Waals surface area (Å²) in [6, 6.07) is 1.28. The van der Waals surface area contributed by atoms with Crippen LogP contribution in [-0.2, 0) is 26.1 Å². The standard InChI is InChI=1S/C16H18F3NO8S/c1-15(2,3)27-14(24)20-11(13(22)23)7-9-4-5-12(10(6-9)8-21)28-29(25,26)16(17,18)19/h4-6,8,11H,7H2,1-3H3,(H,20,24)(H,22,23). The van der Waals surface area contributed by atoms with Gasteiger partial charge in [0.25, 0.3) is 0 Å². The number of ether oxygens (including phenoxy) is 1. The maximum Gasteiger partial charge on any atom is 0.534 e. The Balaban J connectivity index is 3.05. The van der Waals surface area contributed by atoms with Crippen LogP contribution in [0.1, 0.15) is 36.7 Å². The Morgan fingerprint density at radius 2 is 1.83 bits per heavy atom. The Kier molecular flexibility index (Phi) is 7.24. The van der Waals surface area contributed by atoms with Crippen molar-refractivity contribution < 1.29 is 50.0 Å². The number of carbonyl (C=O) groups is 3. The number of alkyl carbamates (subject to hydrolysis) is 1. The SMILES string of the molecule is CC(C)(C)OC(=O)NC(Cc1ccc(OS(=O)(=O)C(F)(F)F)c(C=O)c1)C(=O)O. The lowest BCUT2D eigenvalue weighted by atomic mass is 10.0. The van der Waals surface area contributed by atoms with Gasteiger partial charge in [-0.15, -0.1) is 0 Å². The highest BCUT2D eigenvalue weighted by Crippen LogP contribution is 2.29. The van der Waals surface area contributed by atoms with Crippen molar-refractivity contribution in [3.63, 3.8) is 0 Å². The molecule has 0 aliphatic heterocycles. The van der Waals surface area contributed by atoms with Crippen molar-refractivity contribution in [1.29, 1.82) is 0 Å². The first-order chi connectivity index (χ1) is 13.1. The molecule has 1 aromatic rings. The molecule has 162 valence electrons. The van der Waals surface area contributed by atoms with Crippen LogP contribution in [-0.4, -0.2) is 49.0 Å². The summed E-state index contributed by atoms with van der Waals surface area (Å²) in [5.41, 5.74) is -7.04. The second-order valence-electron chi connectivity index (χ2n) is 6.71. The Morgan fingerprint density at radius 1 is 1.24 bits per heavy atom. The number of carbonyl (C=O) groups excluding carboxylic acids is 2. The molecule has 0 bridgehead atoms. The number of carboxylic acids is 1. The molecule has 0 saturated heterocycles. The number of hydrogen-bond donors (Lipinski definition) is 2. The van der Waals surface area contributed by atoms with E-state index < -0.39 is 50.6 Å². The molecular weight excluding hydrogens is 423 g/mol. The lowest BCUT2D eigenvalue weighted by Gasteiger charge is -2.22. The molecule has 13 heteroatoms. The van der Waals surface area contributed by atoms with E-state index in [1.165, 1.54) is 0 Å². The predicted octanol–water partition coefficient (Wildman–Crippen LogP) is 2.25. The number of alkyl halides is 3. The smallest absolute Gasteiger partial charge is 0.480 e. The van der Waals surface area contributed by atoms with Crippen molar-refractivity contribution in [3.8, 4) is 5.75 Å². The molecule has 0 radical (unpaired) electrons. The van der Waals surface area contributed by atoms with Crippen LogP contribution in [0.3, 0.4) is 0 Å². The molecule has 0 fully saturated rings. The highest BCUT2D eigenvalue weighted by Gasteiger charge is 2.48. The van der Waals surface area contributed by atoms with E-state index in [0.29, 0.717) is 0 Å². The fraction of sp³-hybridized carbons (Fsp3) is 0.438. The lowest BCUT2D eigenvalue weighted by Crippen LogP contribution is -2.44. The van der Waals surface area contributed by atoms with Crippen molar-refractivity contribution >= 4 is 28.5 Å². The molecule has 29 heavy (non-hydrogen) atoms. The molecular formula is C16H18F3NO8S. The highest BCUT2D eigenvalue weighted by atomic mass is 32.2. The molecule has 0 aliphatic rings. The minimum atomic E-state index is -5.99. The molecule has 9 nitrogen and oxygen atoms in total. The monoisotopic (exact) mass is 441 g/mol. The van der Waals surface area contributed by atoms with Crippen LogP contribution in [0.4, 0.5) is 18.0 Å². The van der Waals surface area contributed by atoms with E-state index in [9.17, 15) is 41.1 Å². The average molecular weight is 441 g/mol. The summed E-state index contributed by atoms with van der Waals surface area (Å²) >= 11 is 0. The fourth-order valence-corrected chi connectivity index (χ4v) is 2.43. The Bertz CT molecular complexity index is 890. The van der Waals surface area contributed by atoms with Gasteiger partial charge in [-0.25, -0.2) is 9.59 Å². The van der Waals surface area contributed by atoms with Gasteiger partial charge in [-0.2, -0.15) is 21.6 Å². The summed E-state index contributed by atoms with van der Waals surface area (Å²) < 4.78 is 68.3. The predicted molar refractivity (Wildman–Crippen MR) is 91.9 cm³/mol. The molecule has 1 amide bonds. The third-order valence-corrected chi connectivity index (χ3v) is 4.08. The number of hydrogen-bond acceptors (Lipinski definition) is 7. The van der Waals surface area contributed by atoms with Crippen LogP contribution in [0, 0.1) is 0 Å². The maximum atomic E-state index is 12.4. The van der Waals surface area contributed by atoms with Gasteiger partial charge in [0.1, 0.15) is 11.6 Å². The first-order valence-corrected chi connectivity index (χ1v) is 9.28. The number of nitrogens with one attached hydrogen (secondary N) is 1. The zero-order valence-corrected chi connectivity index (χ0v) is 16.3. The molecule has 0 spiro atoms. The van der Waals surface area contributed by atoms with Crippen molar-refractivity contribution in [3.05, 3.63) is 29.3 Å². The molecule has 1 atom stereocenters. The first-order valence-electron chi connectivity index (χ1n) is 7.87. The second kappa shape index (κ2) is 8.68. The topological polar surface area (TPSA) is 136 Å². The van der Waals surface area contributed by atoms with Crippen LogP contribution in [0.5, 0.6) is 5.75 Å². The van der Waals surface area contributed by atoms with E-state index in [1.54, 1.807) is 20.8 Å². The zero-order chi connectivity index (χ0) is 22.6. The van der Waals surface area contributed by atoms with Gasteiger partial charge in [-0.05, 0) is 38.5 Å². The van der Waals surface area contributed by atoms with Gasteiger partial charge < -0.3 is 19.3 Å².